The van der Waals surface area contributed by atoms with Gasteiger partial charge in [-0.2, -0.15) is 0 Å². The number of carbonyl (C=O) groups is 1. The van der Waals surface area contributed by atoms with E-state index in [9.17, 15) is 18.3 Å². The van der Waals surface area contributed by atoms with Crippen molar-refractivity contribution in [2.24, 2.45) is 0 Å². The number of hydrogen-bond donors (Lipinski definition) is 3. The molecule has 2 atom stereocenters. The normalized spacial score (nSPS) is 19.8. The van der Waals surface area contributed by atoms with E-state index >= 15 is 0 Å². The molecule has 0 unspecified atom stereocenters. The minimum atomic E-state index is -3.31. The fourth-order valence-electron chi connectivity index (χ4n) is 3.27. The SMILES string of the molecule is CCOc1cc(N[C@H]2CS(=O)(=O)C[C@H]2O)c(OCC)cc1NC(=O)c1ccccc1. The van der Waals surface area contributed by atoms with Crippen molar-refractivity contribution in [1.29, 1.82) is 0 Å². The summed E-state index contributed by atoms with van der Waals surface area (Å²) in [6.07, 6.45) is -1.02. The second-order valence-electron chi connectivity index (χ2n) is 6.93. The van der Waals surface area contributed by atoms with E-state index in [1.165, 1.54) is 0 Å². The molecule has 1 heterocycles. The van der Waals surface area contributed by atoms with Gasteiger partial charge in [-0.25, -0.2) is 8.42 Å². The van der Waals surface area contributed by atoms with Gasteiger partial charge in [0, 0.05) is 17.7 Å². The first-order valence-corrected chi connectivity index (χ1v) is 11.6. The molecule has 2 aromatic rings. The first-order chi connectivity index (χ1) is 14.3. The van der Waals surface area contributed by atoms with E-state index < -0.39 is 22.0 Å². The molecule has 8 nitrogen and oxygen atoms in total. The van der Waals surface area contributed by atoms with Crippen LogP contribution in [0.3, 0.4) is 0 Å². The zero-order valence-electron chi connectivity index (χ0n) is 16.9. The second-order valence-corrected chi connectivity index (χ2v) is 9.08. The molecule has 1 aliphatic heterocycles. The fraction of sp³-hybridized carbons (Fsp3) is 0.381. The van der Waals surface area contributed by atoms with Crippen molar-refractivity contribution in [1.82, 2.24) is 0 Å². The van der Waals surface area contributed by atoms with E-state index in [1.807, 2.05) is 19.9 Å². The van der Waals surface area contributed by atoms with Gasteiger partial charge in [0.15, 0.2) is 9.84 Å². The summed E-state index contributed by atoms with van der Waals surface area (Å²) in [5.74, 6) is 0.0786. The van der Waals surface area contributed by atoms with Crippen LogP contribution in [0.2, 0.25) is 0 Å². The van der Waals surface area contributed by atoms with Crippen molar-refractivity contribution in [3.8, 4) is 11.5 Å². The number of aliphatic hydroxyl groups is 1. The Hall–Kier alpha value is -2.78. The molecule has 30 heavy (non-hydrogen) atoms. The van der Waals surface area contributed by atoms with Gasteiger partial charge in [0.05, 0.1) is 48.2 Å². The molecule has 0 bridgehead atoms. The van der Waals surface area contributed by atoms with Gasteiger partial charge in [-0.3, -0.25) is 4.79 Å². The van der Waals surface area contributed by atoms with Gasteiger partial charge in [0.25, 0.3) is 5.91 Å². The Morgan fingerprint density at radius 3 is 2.20 bits per heavy atom. The Morgan fingerprint density at radius 2 is 1.63 bits per heavy atom. The lowest BCUT2D eigenvalue weighted by Gasteiger charge is -2.21. The predicted molar refractivity (Wildman–Crippen MR) is 115 cm³/mol. The second kappa shape index (κ2) is 9.36. The van der Waals surface area contributed by atoms with E-state index in [0.717, 1.165) is 0 Å². The Bertz CT molecular complexity index is 994. The maximum Gasteiger partial charge on any atom is 0.255 e. The third kappa shape index (κ3) is 5.22. The van der Waals surface area contributed by atoms with Crippen LogP contribution in [-0.2, 0) is 9.84 Å². The molecule has 2 aromatic carbocycles. The summed E-state index contributed by atoms with van der Waals surface area (Å²) in [6, 6.07) is 11.4. The predicted octanol–water partition coefficient (Wildman–Crippen LogP) is 2.31. The van der Waals surface area contributed by atoms with Crippen molar-refractivity contribution in [2.45, 2.75) is 26.0 Å². The summed E-state index contributed by atoms with van der Waals surface area (Å²) in [4.78, 5) is 12.6. The Kier molecular flexibility index (Phi) is 6.84. The zero-order chi connectivity index (χ0) is 21.7. The molecule has 3 N–H and O–H groups in total. The quantitative estimate of drug-likeness (QED) is 0.584. The topological polar surface area (TPSA) is 114 Å². The van der Waals surface area contributed by atoms with Crippen LogP contribution in [0.25, 0.3) is 0 Å². The molecule has 0 saturated carbocycles. The van der Waals surface area contributed by atoms with Crippen LogP contribution in [0.15, 0.2) is 42.5 Å². The fourth-order valence-corrected chi connectivity index (χ4v) is 5.01. The van der Waals surface area contributed by atoms with Crippen molar-refractivity contribution in [2.75, 3.05) is 35.4 Å². The summed E-state index contributed by atoms with van der Waals surface area (Å²) in [6.45, 7) is 4.36. The van der Waals surface area contributed by atoms with Crippen LogP contribution in [0.1, 0.15) is 24.2 Å². The lowest BCUT2D eigenvalue weighted by Crippen LogP contribution is -2.32. The van der Waals surface area contributed by atoms with E-state index in [2.05, 4.69) is 10.6 Å². The van der Waals surface area contributed by atoms with Crippen LogP contribution in [0.5, 0.6) is 11.5 Å². The summed E-state index contributed by atoms with van der Waals surface area (Å²) in [7, 11) is -3.31. The van der Waals surface area contributed by atoms with E-state index in [-0.39, 0.29) is 17.4 Å². The molecule has 0 spiro atoms. The number of ether oxygens (including phenoxy) is 2. The number of sulfone groups is 1. The van der Waals surface area contributed by atoms with Gasteiger partial charge in [-0.1, -0.05) is 18.2 Å². The Labute approximate surface area is 176 Å². The summed E-state index contributed by atoms with van der Waals surface area (Å²) < 4.78 is 35.0. The number of aliphatic hydroxyl groups excluding tert-OH is 1. The van der Waals surface area contributed by atoms with Crippen molar-refractivity contribution in [3.63, 3.8) is 0 Å². The molecule has 0 aliphatic carbocycles. The smallest absolute Gasteiger partial charge is 0.255 e. The van der Waals surface area contributed by atoms with Crippen molar-refractivity contribution in [3.05, 3.63) is 48.0 Å². The molecule has 0 radical (unpaired) electrons. The van der Waals surface area contributed by atoms with Crippen LogP contribution in [-0.4, -0.2) is 56.3 Å². The van der Waals surface area contributed by atoms with Gasteiger partial charge in [0.1, 0.15) is 11.5 Å². The van der Waals surface area contributed by atoms with E-state index in [4.69, 9.17) is 9.47 Å². The largest absolute Gasteiger partial charge is 0.492 e. The molecule has 162 valence electrons. The molecular formula is C21H26N2O6S. The highest BCUT2D eigenvalue weighted by Gasteiger charge is 2.37. The lowest BCUT2D eigenvalue weighted by molar-refractivity contribution is 0.102. The standard InChI is InChI=1S/C21H26N2O6S/c1-3-28-19-11-16(23-21(25)14-8-6-5-7-9-14)20(29-4-2)10-15(19)22-17-12-30(26,27)13-18(17)24/h5-11,17-18,22,24H,3-4,12-13H2,1-2H3,(H,23,25)/t17-,18+/m0/s1. The van der Waals surface area contributed by atoms with Crippen LogP contribution >= 0.6 is 0 Å². The molecule has 1 saturated heterocycles. The summed E-state index contributed by atoms with van der Waals surface area (Å²) >= 11 is 0. The summed E-state index contributed by atoms with van der Waals surface area (Å²) in [5.41, 5.74) is 1.41. The van der Waals surface area contributed by atoms with Crippen molar-refractivity contribution >= 4 is 27.1 Å². The number of benzene rings is 2. The molecule has 3 rings (SSSR count). The first kappa shape index (κ1) is 21.9. The lowest BCUT2D eigenvalue weighted by atomic mass is 10.1. The van der Waals surface area contributed by atoms with Crippen LogP contribution in [0, 0.1) is 0 Å². The number of hydrogen-bond acceptors (Lipinski definition) is 7. The van der Waals surface area contributed by atoms with Gasteiger partial charge in [-0.05, 0) is 26.0 Å². The third-order valence-corrected chi connectivity index (χ3v) is 6.35. The first-order valence-electron chi connectivity index (χ1n) is 9.78. The van der Waals surface area contributed by atoms with Gasteiger partial charge < -0.3 is 25.2 Å². The number of nitrogens with one attached hydrogen (secondary N) is 2. The number of anilines is 2. The molecular weight excluding hydrogens is 408 g/mol. The summed E-state index contributed by atoms with van der Waals surface area (Å²) in [5, 5.41) is 16.0. The zero-order valence-corrected chi connectivity index (χ0v) is 17.7. The van der Waals surface area contributed by atoms with Crippen molar-refractivity contribution < 1.29 is 27.8 Å². The Morgan fingerprint density at radius 1 is 1.03 bits per heavy atom. The van der Waals surface area contributed by atoms with Gasteiger partial charge in [-0.15, -0.1) is 0 Å². The molecule has 1 amide bonds. The molecule has 0 aromatic heterocycles. The van der Waals surface area contributed by atoms with Crippen LogP contribution < -0.4 is 20.1 Å². The average Bonchev–Trinajstić information content (AvgIpc) is 2.97. The minimum Gasteiger partial charge on any atom is -0.492 e. The number of amides is 1. The highest BCUT2D eigenvalue weighted by molar-refractivity contribution is 7.91. The van der Waals surface area contributed by atoms with Gasteiger partial charge in [0.2, 0.25) is 0 Å². The number of rotatable bonds is 8. The van der Waals surface area contributed by atoms with Gasteiger partial charge >= 0.3 is 0 Å². The average molecular weight is 435 g/mol. The maximum absolute atomic E-state index is 12.6. The Balaban J connectivity index is 1.92. The number of carbonyl (C=O) groups excluding carboxylic acids is 1. The maximum atomic E-state index is 12.6. The van der Waals surface area contributed by atoms with Crippen LogP contribution in [0.4, 0.5) is 11.4 Å². The highest BCUT2D eigenvalue weighted by Crippen LogP contribution is 2.38. The molecule has 9 heteroatoms. The van der Waals surface area contributed by atoms with E-state index in [1.54, 1.807) is 36.4 Å². The van der Waals surface area contributed by atoms with E-state index in [0.29, 0.717) is 41.7 Å². The monoisotopic (exact) mass is 434 g/mol. The highest BCUT2D eigenvalue weighted by atomic mass is 32.2. The molecule has 1 aliphatic rings. The minimum absolute atomic E-state index is 0.170. The molecule has 1 fully saturated rings. The third-order valence-electron chi connectivity index (χ3n) is 4.63.